The first-order chi connectivity index (χ1) is 16.1. The molecule has 2 atom stereocenters. The summed E-state index contributed by atoms with van der Waals surface area (Å²) in [4.78, 5) is 33.4. The number of aliphatic carboxylic acids is 1. The summed E-state index contributed by atoms with van der Waals surface area (Å²) in [6.45, 7) is 0. The molecule has 0 spiro atoms. The molecule has 10 heteroatoms. The van der Waals surface area contributed by atoms with E-state index in [-0.39, 0.29) is 17.1 Å². The molecule has 33 heavy (non-hydrogen) atoms. The van der Waals surface area contributed by atoms with Gasteiger partial charge in [-0.05, 0) is 49.7 Å². The summed E-state index contributed by atoms with van der Waals surface area (Å²) < 4.78 is 1.89. The Balaban J connectivity index is 1.45. The van der Waals surface area contributed by atoms with Crippen LogP contribution in [0.4, 0.5) is 5.82 Å². The van der Waals surface area contributed by atoms with Gasteiger partial charge >= 0.3 is 5.97 Å². The molecule has 0 aliphatic heterocycles. The van der Waals surface area contributed by atoms with Crippen LogP contribution in [0.1, 0.15) is 25.7 Å². The zero-order valence-corrected chi connectivity index (χ0v) is 18.4. The van der Waals surface area contributed by atoms with Gasteiger partial charge in [0.05, 0.1) is 17.7 Å². The van der Waals surface area contributed by atoms with Crippen molar-refractivity contribution in [3.05, 3.63) is 48.1 Å². The number of aromatic amines is 1. The van der Waals surface area contributed by atoms with Gasteiger partial charge in [0.2, 0.25) is 0 Å². The molecule has 9 nitrogen and oxygen atoms in total. The van der Waals surface area contributed by atoms with Crippen molar-refractivity contribution < 1.29 is 9.90 Å². The molecule has 4 aromatic rings. The van der Waals surface area contributed by atoms with Crippen LogP contribution >= 0.6 is 11.6 Å². The van der Waals surface area contributed by atoms with Crippen molar-refractivity contribution >= 4 is 34.6 Å². The molecule has 3 aliphatic carbocycles. The highest BCUT2D eigenvalue weighted by Gasteiger charge is 2.47. The molecule has 3 aliphatic rings. The van der Waals surface area contributed by atoms with Crippen LogP contribution in [0, 0.1) is 17.8 Å². The van der Waals surface area contributed by atoms with Gasteiger partial charge in [0, 0.05) is 30.7 Å². The van der Waals surface area contributed by atoms with E-state index in [2.05, 4.69) is 20.3 Å². The van der Waals surface area contributed by atoms with E-state index in [1.54, 1.807) is 6.20 Å². The molecule has 3 N–H and O–H groups in total. The van der Waals surface area contributed by atoms with Gasteiger partial charge in [-0.1, -0.05) is 11.6 Å². The number of anilines is 1. The molecule has 0 saturated heterocycles. The molecule has 4 aromatic heterocycles. The zero-order valence-electron chi connectivity index (χ0n) is 17.6. The molecule has 0 radical (unpaired) electrons. The van der Waals surface area contributed by atoms with Crippen molar-refractivity contribution in [3.8, 4) is 17.2 Å². The minimum absolute atomic E-state index is 0.160. The van der Waals surface area contributed by atoms with E-state index >= 15 is 0 Å². The first-order valence-corrected chi connectivity index (χ1v) is 11.5. The second-order valence-electron chi connectivity index (χ2n) is 8.83. The van der Waals surface area contributed by atoms with Crippen molar-refractivity contribution in [3.63, 3.8) is 0 Å². The van der Waals surface area contributed by atoms with Gasteiger partial charge in [0.1, 0.15) is 22.3 Å². The van der Waals surface area contributed by atoms with Crippen molar-refractivity contribution in [1.29, 1.82) is 0 Å². The normalized spacial score (nSPS) is 24.3. The summed E-state index contributed by atoms with van der Waals surface area (Å²) in [6.07, 6.45) is 11.1. The highest BCUT2D eigenvalue weighted by Crippen LogP contribution is 2.46. The number of H-pyrrole nitrogens is 1. The SMILES string of the molecule is O=C(O)[C@@H]1C2CCC(CC2)[C@H]1Nc1cc(-n2cccc2)nc(-c2c[nH]c3ncc(Cl)nc23)n1. The van der Waals surface area contributed by atoms with Crippen LogP contribution < -0.4 is 5.32 Å². The molecular weight excluding hydrogens is 442 g/mol. The van der Waals surface area contributed by atoms with Crippen LogP contribution in [-0.4, -0.2) is 46.6 Å². The number of fused-ring (bicyclic) bond motifs is 4. The van der Waals surface area contributed by atoms with E-state index in [1.807, 2.05) is 35.2 Å². The first kappa shape index (κ1) is 20.2. The lowest BCUT2D eigenvalue weighted by Crippen LogP contribution is -2.51. The van der Waals surface area contributed by atoms with Crippen molar-refractivity contribution in [2.45, 2.75) is 31.7 Å². The van der Waals surface area contributed by atoms with Gasteiger partial charge in [-0.2, -0.15) is 0 Å². The number of hydrogen-bond donors (Lipinski definition) is 3. The number of carbonyl (C=O) groups is 1. The largest absolute Gasteiger partial charge is 0.481 e. The fourth-order valence-corrected chi connectivity index (χ4v) is 5.61. The van der Waals surface area contributed by atoms with Crippen LogP contribution in [0.15, 0.2) is 43.0 Å². The topological polar surface area (TPSA) is 122 Å². The molecule has 4 heterocycles. The molecule has 3 saturated carbocycles. The fraction of sp³-hybridized carbons (Fsp3) is 0.348. The third-order valence-corrected chi connectivity index (χ3v) is 7.17. The Kier molecular flexibility index (Phi) is 4.79. The van der Waals surface area contributed by atoms with E-state index in [9.17, 15) is 9.90 Å². The average Bonchev–Trinajstić information content (AvgIpc) is 3.49. The molecule has 7 rings (SSSR count). The Labute approximate surface area is 194 Å². The quantitative estimate of drug-likeness (QED) is 0.406. The number of nitrogens with zero attached hydrogens (tertiary/aromatic N) is 5. The molecular formula is C23H22ClN7O2. The Morgan fingerprint density at radius 2 is 1.88 bits per heavy atom. The summed E-state index contributed by atoms with van der Waals surface area (Å²) in [5, 5.41) is 13.7. The fourth-order valence-electron chi connectivity index (χ4n) is 5.47. The van der Waals surface area contributed by atoms with Crippen molar-refractivity contribution in [2.75, 3.05) is 5.32 Å². The number of carboxylic acids is 1. The van der Waals surface area contributed by atoms with Gasteiger partial charge in [0.25, 0.3) is 0 Å². The summed E-state index contributed by atoms with van der Waals surface area (Å²) in [7, 11) is 0. The van der Waals surface area contributed by atoms with E-state index in [1.165, 1.54) is 6.20 Å². The maximum absolute atomic E-state index is 12.1. The standard InChI is InChI=1S/C23H22ClN7O2/c24-15-11-26-22-20(27-15)14(10-25-22)21-29-16(9-17(30-21)31-7-1-2-8-31)28-19-13-5-3-12(4-6-13)18(19)23(32)33/h1-2,7-13,18-19H,3-6H2,(H,25,26)(H,32,33)(H,28,29,30)/t12?,13?,18-,19-/m1/s1. The van der Waals surface area contributed by atoms with Gasteiger partial charge in [0.15, 0.2) is 11.5 Å². The van der Waals surface area contributed by atoms with Gasteiger partial charge in [-0.25, -0.2) is 19.9 Å². The number of aromatic nitrogens is 6. The smallest absolute Gasteiger partial charge is 0.308 e. The third kappa shape index (κ3) is 3.52. The minimum Gasteiger partial charge on any atom is -0.481 e. The van der Waals surface area contributed by atoms with E-state index < -0.39 is 11.9 Å². The molecule has 3 fully saturated rings. The molecule has 2 bridgehead atoms. The number of nitrogens with one attached hydrogen (secondary N) is 2. The van der Waals surface area contributed by atoms with E-state index in [0.717, 1.165) is 25.7 Å². The Morgan fingerprint density at radius 3 is 2.64 bits per heavy atom. The number of halogens is 1. The van der Waals surface area contributed by atoms with Crippen LogP contribution in [0.5, 0.6) is 0 Å². The van der Waals surface area contributed by atoms with Crippen LogP contribution in [0.2, 0.25) is 5.15 Å². The lowest BCUT2D eigenvalue weighted by atomic mass is 9.61. The number of hydrogen-bond acceptors (Lipinski definition) is 6. The van der Waals surface area contributed by atoms with Crippen LogP contribution in [-0.2, 0) is 4.79 Å². The van der Waals surface area contributed by atoms with Gasteiger partial charge in [-0.3, -0.25) is 4.79 Å². The highest BCUT2D eigenvalue weighted by molar-refractivity contribution is 6.29. The Hall–Kier alpha value is -3.46. The van der Waals surface area contributed by atoms with E-state index in [0.29, 0.717) is 40.1 Å². The van der Waals surface area contributed by atoms with Crippen molar-refractivity contribution in [2.24, 2.45) is 17.8 Å². The maximum Gasteiger partial charge on any atom is 0.308 e. The minimum atomic E-state index is -0.733. The van der Waals surface area contributed by atoms with Gasteiger partial charge in [-0.15, -0.1) is 0 Å². The highest BCUT2D eigenvalue weighted by atomic mass is 35.5. The molecule has 0 unspecified atom stereocenters. The monoisotopic (exact) mass is 463 g/mol. The Morgan fingerprint density at radius 1 is 1.12 bits per heavy atom. The first-order valence-electron chi connectivity index (χ1n) is 11.1. The van der Waals surface area contributed by atoms with Crippen molar-refractivity contribution in [1.82, 2.24) is 29.5 Å². The molecule has 0 aromatic carbocycles. The predicted octanol–water partition coefficient (Wildman–Crippen LogP) is 4.16. The summed E-state index contributed by atoms with van der Waals surface area (Å²) in [6, 6.07) is 5.55. The second kappa shape index (κ2) is 7.84. The lowest BCUT2D eigenvalue weighted by Gasteiger charge is -2.47. The zero-order chi connectivity index (χ0) is 22.5. The molecule has 0 amide bonds. The Bertz CT molecular complexity index is 1330. The number of carboxylic acid groups (broad SMARTS) is 1. The predicted molar refractivity (Wildman–Crippen MR) is 123 cm³/mol. The van der Waals surface area contributed by atoms with Gasteiger partial charge < -0.3 is 20.0 Å². The van der Waals surface area contributed by atoms with Crippen LogP contribution in [0.3, 0.4) is 0 Å². The van der Waals surface area contributed by atoms with E-state index in [4.69, 9.17) is 21.6 Å². The summed E-state index contributed by atoms with van der Waals surface area (Å²) in [5.74, 6) is 1.11. The molecule has 168 valence electrons. The summed E-state index contributed by atoms with van der Waals surface area (Å²) in [5.41, 5.74) is 1.85. The number of rotatable bonds is 5. The third-order valence-electron chi connectivity index (χ3n) is 6.99. The summed E-state index contributed by atoms with van der Waals surface area (Å²) >= 11 is 6.09. The maximum atomic E-state index is 12.1. The average molecular weight is 464 g/mol. The van der Waals surface area contributed by atoms with Crippen LogP contribution in [0.25, 0.3) is 28.4 Å². The lowest BCUT2D eigenvalue weighted by molar-refractivity contribution is -0.148. The second-order valence-corrected chi connectivity index (χ2v) is 9.21.